The second kappa shape index (κ2) is 5.17. The van der Waals surface area contributed by atoms with Crippen LogP contribution in [0.5, 0.6) is 0 Å². The SMILES string of the molecule is O=C(O)c1ccc(-c2cc(C(F)(F)F)ccc2Cl)cc1. The van der Waals surface area contributed by atoms with Gasteiger partial charge in [0.15, 0.2) is 0 Å². The minimum Gasteiger partial charge on any atom is -0.478 e. The Morgan fingerprint density at radius 2 is 1.65 bits per heavy atom. The van der Waals surface area contributed by atoms with E-state index < -0.39 is 17.7 Å². The lowest BCUT2D eigenvalue weighted by Crippen LogP contribution is -2.04. The largest absolute Gasteiger partial charge is 0.478 e. The van der Waals surface area contributed by atoms with Crippen LogP contribution in [-0.2, 0) is 6.18 Å². The molecular weight excluding hydrogens is 293 g/mol. The van der Waals surface area contributed by atoms with Gasteiger partial charge in [0, 0.05) is 10.6 Å². The van der Waals surface area contributed by atoms with Crippen molar-refractivity contribution >= 4 is 17.6 Å². The van der Waals surface area contributed by atoms with E-state index >= 15 is 0 Å². The van der Waals surface area contributed by atoms with Crippen LogP contribution in [0.25, 0.3) is 11.1 Å². The number of rotatable bonds is 2. The van der Waals surface area contributed by atoms with Gasteiger partial charge in [-0.05, 0) is 35.9 Å². The summed E-state index contributed by atoms with van der Waals surface area (Å²) in [6.07, 6.45) is -4.46. The lowest BCUT2D eigenvalue weighted by molar-refractivity contribution is -0.137. The predicted molar refractivity (Wildman–Crippen MR) is 68.8 cm³/mol. The molecule has 6 heteroatoms. The standard InChI is InChI=1S/C14H8ClF3O2/c15-12-6-5-10(14(16,17)18)7-11(12)8-1-3-9(4-2-8)13(19)20/h1-7H,(H,19,20). The second-order valence-corrected chi connectivity index (χ2v) is 4.48. The molecule has 0 amide bonds. The van der Waals surface area contributed by atoms with E-state index in [1.165, 1.54) is 30.3 Å². The van der Waals surface area contributed by atoms with E-state index in [4.69, 9.17) is 16.7 Å². The van der Waals surface area contributed by atoms with Crippen LogP contribution in [0.3, 0.4) is 0 Å². The van der Waals surface area contributed by atoms with Crippen LogP contribution in [0.15, 0.2) is 42.5 Å². The molecule has 0 aliphatic carbocycles. The molecule has 0 bridgehead atoms. The van der Waals surface area contributed by atoms with E-state index in [1.807, 2.05) is 0 Å². The maximum Gasteiger partial charge on any atom is 0.416 e. The van der Waals surface area contributed by atoms with Gasteiger partial charge in [0.1, 0.15) is 0 Å². The van der Waals surface area contributed by atoms with Crippen molar-refractivity contribution in [2.75, 3.05) is 0 Å². The molecule has 20 heavy (non-hydrogen) atoms. The number of halogens is 4. The molecule has 0 fully saturated rings. The van der Waals surface area contributed by atoms with Gasteiger partial charge in [0.25, 0.3) is 0 Å². The van der Waals surface area contributed by atoms with Crippen molar-refractivity contribution in [3.63, 3.8) is 0 Å². The van der Waals surface area contributed by atoms with Crippen LogP contribution in [0.1, 0.15) is 15.9 Å². The average Bonchev–Trinajstić information content (AvgIpc) is 2.38. The predicted octanol–water partition coefficient (Wildman–Crippen LogP) is 4.72. The minimum atomic E-state index is -4.46. The zero-order valence-electron chi connectivity index (χ0n) is 9.91. The first-order valence-corrected chi connectivity index (χ1v) is 5.87. The van der Waals surface area contributed by atoms with Gasteiger partial charge < -0.3 is 5.11 Å². The van der Waals surface area contributed by atoms with Crippen molar-refractivity contribution in [2.24, 2.45) is 0 Å². The third-order valence-corrected chi connectivity index (χ3v) is 3.07. The van der Waals surface area contributed by atoms with Crippen LogP contribution >= 0.6 is 11.6 Å². The first-order valence-electron chi connectivity index (χ1n) is 5.49. The van der Waals surface area contributed by atoms with Crippen molar-refractivity contribution in [1.29, 1.82) is 0 Å². The minimum absolute atomic E-state index is 0.0526. The molecule has 1 N–H and O–H groups in total. The van der Waals surface area contributed by atoms with Crippen LogP contribution in [0, 0.1) is 0 Å². The summed E-state index contributed by atoms with van der Waals surface area (Å²) in [5.41, 5.74) is -0.124. The van der Waals surface area contributed by atoms with E-state index in [9.17, 15) is 18.0 Å². The summed E-state index contributed by atoms with van der Waals surface area (Å²) in [6, 6.07) is 8.48. The summed E-state index contributed by atoms with van der Waals surface area (Å²) in [5.74, 6) is -1.10. The highest BCUT2D eigenvalue weighted by atomic mass is 35.5. The summed E-state index contributed by atoms with van der Waals surface area (Å²) in [7, 11) is 0. The molecule has 0 aliphatic heterocycles. The molecule has 0 atom stereocenters. The Kier molecular flexibility index (Phi) is 3.72. The Labute approximate surface area is 117 Å². The Morgan fingerprint density at radius 1 is 1.05 bits per heavy atom. The highest BCUT2D eigenvalue weighted by Gasteiger charge is 2.31. The maximum atomic E-state index is 12.7. The van der Waals surface area contributed by atoms with Gasteiger partial charge >= 0.3 is 12.1 Å². The summed E-state index contributed by atoms with van der Waals surface area (Å²) >= 11 is 5.90. The molecule has 0 saturated carbocycles. The van der Waals surface area contributed by atoms with Crippen molar-refractivity contribution < 1.29 is 23.1 Å². The van der Waals surface area contributed by atoms with Crippen LogP contribution in [-0.4, -0.2) is 11.1 Å². The van der Waals surface area contributed by atoms with Crippen LogP contribution < -0.4 is 0 Å². The van der Waals surface area contributed by atoms with Crippen molar-refractivity contribution in [2.45, 2.75) is 6.18 Å². The zero-order valence-corrected chi connectivity index (χ0v) is 10.7. The lowest BCUT2D eigenvalue weighted by Gasteiger charge is -2.10. The number of aromatic carboxylic acids is 1. The molecule has 0 saturated heterocycles. The summed E-state index contributed by atoms with van der Waals surface area (Å²) < 4.78 is 38.0. The fourth-order valence-electron chi connectivity index (χ4n) is 1.72. The number of benzene rings is 2. The molecule has 0 aromatic heterocycles. The topological polar surface area (TPSA) is 37.3 Å². The average molecular weight is 301 g/mol. The molecule has 0 unspecified atom stereocenters. The molecule has 0 spiro atoms. The third-order valence-electron chi connectivity index (χ3n) is 2.74. The fourth-order valence-corrected chi connectivity index (χ4v) is 1.94. The molecule has 0 heterocycles. The lowest BCUT2D eigenvalue weighted by atomic mass is 10.0. The van der Waals surface area contributed by atoms with Crippen molar-refractivity contribution in [3.05, 3.63) is 58.6 Å². The first-order chi connectivity index (χ1) is 9.29. The molecular formula is C14H8ClF3O2. The summed E-state index contributed by atoms with van der Waals surface area (Å²) in [5, 5.41) is 8.94. The van der Waals surface area contributed by atoms with E-state index in [0.29, 0.717) is 5.56 Å². The van der Waals surface area contributed by atoms with Gasteiger partial charge in [0.05, 0.1) is 11.1 Å². The fraction of sp³-hybridized carbons (Fsp3) is 0.0714. The van der Waals surface area contributed by atoms with Gasteiger partial charge in [-0.25, -0.2) is 4.79 Å². The van der Waals surface area contributed by atoms with Gasteiger partial charge in [0.2, 0.25) is 0 Å². The Hall–Kier alpha value is -2.01. The zero-order chi connectivity index (χ0) is 14.9. The number of alkyl halides is 3. The normalized spacial score (nSPS) is 11.4. The summed E-state index contributed by atoms with van der Waals surface area (Å²) in [4.78, 5) is 10.7. The smallest absolute Gasteiger partial charge is 0.416 e. The van der Waals surface area contributed by atoms with E-state index in [1.54, 1.807) is 0 Å². The number of carboxylic acid groups (broad SMARTS) is 1. The third kappa shape index (κ3) is 2.93. The second-order valence-electron chi connectivity index (χ2n) is 4.07. The van der Waals surface area contributed by atoms with Gasteiger partial charge in [-0.3, -0.25) is 0 Å². The maximum absolute atomic E-state index is 12.7. The number of carboxylic acids is 1. The highest BCUT2D eigenvalue weighted by Crippen LogP contribution is 2.35. The van der Waals surface area contributed by atoms with Gasteiger partial charge in [-0.15, -0.1) is 0 Å². The Morgan fingerprint density at radius 3 is 2.15 bits per heavy atom. The van der Waals surface area contributed by atoms with Crippen molar-refractivity contribution in [3.8, 4) is 11.1 Å². The molecule has 2 aromatic rings. The highest BCUT2D eigenvalue weighted by molar-refractivity contribution is 6.33. The van der Waals surface area contributed by atoms with Crippen LogP contribution in [0.2, 0.25) is 5.02 Å². The number of hydrogen-bond donors (Lipinski definition) is 1. The molecule has 0 radical (unpaired) electrons. The Balaban J connectivity index is 2.49. The van der Waals surface area contributed by atoms with Crippen LogP contribution in [0.4, 0.5) is 13.2 Å². The molecule has 2 nitrogen and oxygen atoms in total. The Bertz CT molecular complexity index is 648. The summed E-state index contributed by atoms with van der Waals surface area (Å²) in [6.45, 7) is 0. The van der Waals surface area contributed by atoms with Crippen molar-refractivity contribution in [1.82, 2.24) is 0 Å². The number of carbonyl (C=O) groups is 1. The van der Waals surface area contributed by atoms with Gasteiger partial charge in [-0.1, -0.05) is 23.7 Å². The molecule has 104 valence electrons. The molecule has 2 rings (SSSR count). The first kappa shape index (κ1) is 14.4. The van der Waals surface area contributed by atoms with Gasteiger partial charge in [-0.2, -0.15) is 13.2 Å². The van der Waals surface area contributed by atoms with E-state index in [-0.39, 0.29) is 16.1 Å². The van der Waals surface area contributed by atoms with E-state index in [2.05, 4.69) is 0 Å². The molecule has 0 aliphatic rings. The van der Waals surface area contributed by atoms with E-state index in [0.717, 1.165) is 12.1 Å². The number of hydrogen-bond acceptors (Lipinski definition) is 1. The monoisotopic (exact) mass is 300 g/mol. The quantitative estimate of drug-likeness (QED) is 0.871. The molecule has 2 aromatic carbocycles.